The second-order valence-electron chi connectivity index (χ2n) is 6.80. The van der Waals surface area contributed by atoms with Gasteiger partial charge in [0.1, 0.15) is 0 Å². The van der Waals surface area contributed by atoms with Crippen molar-refractivity contribution in [3.05, 3.63) is 0 Å². The van der Waals surface area contributed by atoms with Crippen LogP contribution in [0.3, 0.4) is 0 Å². The predicted octanol–water partition coefficient (Wildman–Crippen LogP) is 3.38. The first-order valence-corrected chi connectivity index (χ1v) is 7.13. The molecule has 0 aromatic heterocycles. The molecular formula is C15H34N2. The molecule has 0 aromatic rings. The molecule has 0 bridgehead atoms. The van der Waals surface area contributed by atoms with E-state index in [9.17, 15) is 0 Å². The van der Waals surface area contributed by atoms with Gasteiger partial charge in [0.15, 0.2) is 0 Å². The number of hydrogen-bond acceptors (Lipinski definition) is 2. The van der Waals surface area contributed by atoms with Crippen LogP contribution in [-0.2, 0) is 0 Å². The first-order chi connectivity index (χ1) is 7.70. The highest BCUT2D eigenvalue weighted by molar-refractivity contribution is 4.84. The van der Waals surface area contributed by atoms with Crippen molar-refractivity contribution in [1.82, 2.24) is 10.2 Å². The van der Waals surface area contributed by atoms with Crippen LogP contribution >= 0.6 is 0 Å². The number of likely N-dealkylation sites (N-methyl/N-ethyl adjacent to an activating group) is 1. The summed E-state index contributed by atoms with van der Waals surface area (Å²) >= 11 is 0. The Bertz CT molecular complexity index is 194. The van der Waals surface area contributed by atoms with E-state index < -0.39 is 0 Å². The molecule has 0 spiro atoms. The molecular weight excluding hydrogens is 208 g/mol. The van der Waals surface area contributed by atoms with Crippen LogP contribution in [-0.4, -0.2) is 37.1 Å². The van der Waals surface area contributed by atoms with E-state index in [0.717, 1.165) is 13.1 Å². The van der Waals surface area contributed by atoms with Crippen molar-refractivity contribution in [1.29, 1.82) is 0 Å². The highest BCUT2D eigenvalue weighted by atomic mass is 15.2. The molecule has 0 radical (unpaired) electrons. The summed E-state index contributed by atoms with van der Waals surface area (Å²) in [6.45, 7) is 18.4. The molecule has 0 rings (SSSR count). The average molecular weight is 242 g/mol. The summed E-state index contributed by atoms with van der Waals surface area (Å²) in [5, 5.41) is 3.69. The molecule has 17 heavy (non-hydrogen) atoms. The highest BCUT2D eigenvalue weighted by Gasteiger charge is 2.26. The Balaban J connectivity index is 4.42. The average Bonchev–Trinajstić information content (AvgIpc) is 2.20. The molecule has 0 fully saturated rings. The maximum atomic E-state index is 3.69. The first-order valence-electron chi connectivity index (χ1n) is 7.13. The van der Waals surface area contributed by atoms with E-state index in [1.165, 1.54) is 6.42 Å². The van der Waals surface area contributed by atoms with Crippen molar-refractivity contribution < 1.29 is 0 Å². The summed E-state index contributed by atoms with van der Waals surface area (Å²) < 4.78 is 0. The zero-order valence-corrected chi connectivity index (χ0v) is 13.3. The normalized spacial score (nSPS) is 16.6. The highest BCUT2D eigenvalue weighted by Crippen LogP contribution is 2.21. The number of nitrogens with zero attached hydrogens (tertiary/aromatic N) is 1. The van der Waals surface area contributed by atoms with Gasteiger partial charge >= 0.3 is 0 Å². The first kappa shape index (κ1) is 16.9. The summed E-state index contributed by atoms with van der Waals surface area (Å²) in [4.78, 5) is 2.49. The number of rotatable bonds is 7. The molecule has 0 heterocycles. The van der Waals surface area contributed by atoms with Gasteiger partial charge in [-0.15, -0.1) is 0 Å². The third-order valence-corrected chi connectivity index (χ3v) is 3.82. The van der Waals surface area contributed by atoms with E-state index in [1.807, 2.05) is 0 Å². The molecule has 2 nitrogen and oxygen atoms in total. The molecule has 0 aliphatic heterocycles. The van der Waals surface area contributed by atoms with E-state index in [2.05, 4.69) is 65.7 Å². The fraction of sp³-hybridized carbons (Fsp3) is 1.00. The number of nitrogens with one attached hydrogen (secondary N) is 1. The lowest BCUT2D eigenvalue weighted by Crippen LogP contribution is -2.50. The Kier molecular flexibility index (Phi) is 7.34. The fourth-order valence-electron chi connectivity index (χ4n) is 1.93. The van der Waals surface area contributed by atoms with Gasteiger partial charge < -0.3 is 10.2 Å². The molecule has 0 aliphatic rings. The Hall–Kier alpha value is -0.0800. The second-order valence-corrected chi connectivity index (χ2v) is 6.80. The Labute approximate surface area is 109 Å². The Morgan fingerprint density at radius 1 is 1.12 bits per heavy atom. The Morgan fingerprint density at radius 2 is 1.65 bits per heavy atom. The van der Waals surface area contributed by atoms with Gasteiger partial charge in [0.25, 0.3) is 0 Å². The van der Waals surface area contributed by atoms with E-state index in [0.29, 0.717) is 23.4 Å². The van der Waals surface area contributed by atoms with Crippen LogP contribution in [0, 0.1) is 11.3 Å². The lowest BCUT2D eigenvalue weighted by molar-refractivity contribution is 0.143. The summed E-state index contributed by atoms with van der Waals surface area (Å²) in [6.07, 6.45) is 1.20. The minimum Gasteiger partial charge on any atom is -0.312 e. The number of hydrogen-bond donors (Lipinski definition) is 1. The van der Waals surface area contributed by atoms with E-state index >= 15 is 0 Å². The molecule has 2 atom stereocenters. The largest absolute Gasteiger partial charge is 0.312 e. The maximum Gasteiger partial charge on any atom is 0.0243 e. The SMILES string of the molecule is CCCNC(CN(C)C(C)C(C)C)C(C)(C)C. The van der Waals surface area contributed by atoms with Crippen LogP contribution in [0.4, 0.5) is 0 Å². The van der Waals surface area contributed by atoms with Crippen LogP contribution in [0.5, 0.6) is 0 Å². The summed E-state index contributed by atoms with van der Waals surface area (Å²) in [5.74, 6) is 0.715. The molecule has 0 aliphatic carbocycles. The summed E-state index contributed by atoms with van der Waals surface area (Å²) in [5.41, 5.74) is 0.320. The molecule has 0 aromatic carbocycles. The van der Waals surface area contributed by atoms with E-state index in [4.69, 9.17) is 0 Å². The van der Waals surface area contributed by atoms with Crippen LogP contribution in [0.25, 0.3) is 0 Å². The molecule has 0 saturated heterocycles. The van der Waals surface area contributed by atoms with Crippen molar-refractivity contribution in [2.75, 3.05) is 20.1 Å². The van der Waals surface area contributed by atoms with Gasteiger partial charge in [-0.1, -0.05) is 41.5 Å². The van der Waals surface area contributed by atoms with Crippen LogP contribution in [0.2, 0.25) is 0 Å². The maximum absolute atomic E-state index is 3.69. The third-order valence-electron chi connectivity index (χ3n) is 3.82. The van der Waals surface area contributed by atoms with Gasteiger partial charge in [-0.25, -0.2) is 0 Å². The zero-order valence-electron chi connectivity index (χ0n) is 13.3. The van der Waals surface area contributed by atoms with Gasteiger partial charge in [-0.3, -0.25) is 0 Å². The topological polar surface area (TPSA) is 15.3 Å². The van der Waals surface area contributed by atoms with Gasteiger partial charge in [-0.05, 0) is 38.3 Å². The Morgan fingerprint density at radius 3 is 2.00 bits per heavy atom. The van der Waals surface area contributed by atoms with Crippen molar-refractivity contribution in [2.45, 2.75) is 67.0 Å². The van der Waals surface area contributed by atoms with Crippen molar-refractivity contribution in [2.24, 2.45) is 11.3 Å². The lowest BCUT2D eigenvalue weighted by atomic mass is 9.86. The second kappa shape index (κ2) is 7.38. The summed E-state index contributed by atoms with van der Waals surface area (Å²) in [7, 11) is 2.25. The zero-order chi connectivity index (χ0) is 13.6. The predicted molar refractivity (Wildman–Crippen MR) is 78.5 cm³/mol. The minimum atomic E-state index is 0.320. The smallest absolute Gasteiger partial charge is 0.0243 e. The summed E-state index contributed by atoms with van der Waals surface area (Å²) in [6, 6.07) is 1.21. The molecule has 104 valence electrons. The standard InChI is InChI=1S/C15H34N2/c1-9-10-16-14(15(5,6)7)11-17(8)13(4)12(2)3/h12-14,16H,9-11H2,1-8H3. The fourth-order valence-corrected chi connectivity index (χ4v) is 1.93. The van der Waals surface area contributed by atoms with Crippen molar-refractivity contribution in [3.63, 3.8) is 0 Å². The van der Waals surface area contributed by atoms with Crippen molar-refractivity contribution >= 4 is 0 Å². The molecule has 2 unspecified atom stereocenters. The van der Waals surface area contributed by atoms with Gasteiger partial charge in [0.2, 0.25) is 0 Å². The van der Waals surface area contributed by atoms with Gasteiger partial charge in [-0.2, -0.15) is 0 Å². The van der Waals surface area contributed by atoms with Crippen LogP contribution < -0.4 is 5.32 Å². The van der Waals surface area contributed by atoms with Gasteiger partial charge in [0, 0.05) is 18.6 Å². The minimum absolute atomic E-state index is 0.320. The van der Waals surface area contributed by atoms with E-state index in [-0.39, 0.29) is 0 Å². The van der Waals surface area contributed by atoms with Crippen LogP contribution in [0.1, 0.15) is 54.9 Å². The lowest BCUT2D eigenvalue weighted by Gasteiger charge is -2.38. The monoisotopic (exact) mass is 242 g/mol. The van der Waals surface area contributed by atoms with E-state index in [1.54, 1.807) is 0 Å². The molecule has 1 N–H and O–H groups in total. The third kappa shape index (κ3) is 6.42. The molecule has 2 heteroatoms. The molecule has 0 saturated carbocycles. The quantitative estimate of drug-likeness (QED) is 0.736. The molecule has 0 amide bonds. The van der Waals surface area contributed by atoms with Crippen molar-refractivity contribution in [3.8, 4) is 0 Å². The van der Waals surface area contributed by atoms with Crippen LogP contribution in [0.15, 0.2) is 0 Å². The van der Waals surface area contributed by atoms with Gasteiger partial charge in [0.05, 0.1) is 0 Å².